The van der Waals surface area contributed by atoms with E-state index >= 15 is 0 Å². The van der Waals surface area contributed by atoms with Gasteiger partial charge in [-0.15, -0.1) is 22.7 Å². The maximum absolute atomic E-state index is 13.2. The summed E-state index contributed by atoms with van der Waals surface area (Å²) >= 11 is 8.37. The number of rotatable bonds is 4. The molecule has 0 spiro atoms. The smallest absolute Gasteiger partial charge is 0.252 e. The number of nitrogens with one attached hydrogen (secondary N) is 2. The summed E-state index contributed by atoms with van der Waals surface area (Å²) in [4.78, 5) is 14.2. The highest BCUT2D eigenvalue weighted by Gasteiger charge is 2.41. The van der Waals surface area contributed by atoms with Gasteiger partial charge in [-0.1, -0.05) is 11.6 Å². The van der Waals surface area contributed by atoms with Gasteiger partial charge in [0.1, 0.15) is 15.3 Å². The molecule has 7 nitrogen and oxygen atoms in total. The van der Waals surface area contributed by atoms with Crippen LogP contribution in [0.15, 0.2) is 16.3 Å². The van der Waals surface area contributed by atoms with Crippen molar-refractivity contribution in [3.8, 4) is 6.07 Å². The molecule has 2 N–H and O–H groups in total. The van der Waals surface area contributed by atoms with Gasteiger partial charge in [0.15, 0.2) is 0 Å². The molecular formula is C22H27ClN4O3S3. The average Bonchev–Trinajstić information content (AvgIpc) is 3.31. The molecule has 33 heavy (non-hydrogen) atoms. The molecule has 1 saturated heterocycles. The Hall–Kier alpha value is -1.48. The van der Waals surface area contributed by atoms with Crippen molar-refractivity contribution in [2.75, 3.05) is 18.4 Å². The lowest BCUT2D eigenvalue weighted by molar-refractivity contribution is -0.120. The Morgan fingerprint density at radius 3 is 2.67 bits per heavy atom. The second kappa shape index (κ2) is 8.63. The van der Waals surface area contributed by atoms with Gasteiger partial charge < -0.3 is 10.6 Å². The molecule has 1 fully saturated rings. The summed E-state index contributed by atoms with van der Waals surface area (Å²) in [5.74, 6) is -0.739. The summed E-state index contributed by atoms with van der Waals surface area (Å²) in [6, 6.07) is 5.36. The quantitative estimate of drug-likeness (QED) is 0.609. The third kappa shape index (κ3) is 4.72. The number of carbonyl (C=O) groups is 1. The van der Waals surface area contributed by atoms with Gasteiger partial charge in [-0.25, -0.2) is 8.42 Å². The van der Waals surface area contributed by atoms with E-state index in [2.05, 4.69) is 44.4 Å². The highest BCUT2D eigenvalue weighted by molar-refractivity contribution is 7.91. The van der Waals surface area contributed by atoms with Crippen molar-refractivity contribution in [3.05, 3.63) is 32.5 Å². The van der Waals surface area contributed by atoms with E-state index in [1.807, 2.05) is 0 Å². The Morgan fingerprint density at radius 2 is 2.03 bits per heavy atom. The lowest BCUT2D eigenvalue weighted by Crippen LogP contribution is -2.54. The van der Waals surface area contributed by atoms with Crippen LogP contribution in [0.2, 0.25) is 4.34 Å². The molecule has 2 aromatic heterocycles. The van der Waals surface area contributed by atoms with Gasteiger partial charge in [-0.05, 0) is 64.7 Å². The van der Waals surface area contributed by atoms with E-state index in [0.717, 1.165) is 21.8 Å². The van der Waals surface area contributed by atoms with Gasteiger partial charge >= 0.3 is 0 Å². The monoisotopic (exact) mass is 526 g/mol. The summed E-state index contributed by atoms with van der Waals surface area (Å²) in [5, 5.41) is 17.0. The van der Waals surface area contributed by atoms with Crippen LogP contribution < -0.4 is 10.6 Å². The van der Waals surface area contributed by atoms with E-state index in [9.17, 15) is 18.5 Å². The highest BCUT2D eigenvalue weighted by Crippen LogP contribution is 2.45. The van der Waals surface area contributed by atoms with E-state index in [0.29, 0.717) is 40.7 Å². The third-order valence-electron chi connectivity index (χ3n) is 6.09. The number of hydrogen-bond acceptors (Lipinski definition) is 7. The Labute approximate surface area is 207 Å². The van der Waals surface area contributed by atoms with Gasteiger partial charge in [0, 0.05) is 29.0 Å². The summed E-state index contributed by atoms with van der Waals surface area (Å²) in [7, 11) is -3.69. The van der Waals surface area contributed by atoms with Gasteiger partial charge in [-0.2, -0.15) is 9.57 Å². The number of piperidine rings is 1. The molecule has 11 heteroatoms. The first-order valence-corrected chi connectivity index (χ1v) is 14.2. The first-order valence-electron chi connectivity index (χ1n) is 10.8. The van der Waals surface area contributed by atoms with Crippen LogP contribution in [-0.2, 0) is 26.8 Å². The Morgan fingerprint density at radius 1 is 1.30 bits per heavy atom. The molecule has 4 rings (SSSR count). The average molecular weight is 527 g/mol. The highest BCUT2D eigenvalue weighted by atomic mass is 35.5. The number of hydrogen-bond donors (Lipinski definition) is 2. The zero-order valence-corrected chi connectivity index (χ0v) is 22.2. The zero-order chi connectivity index (χ0) is 24.2. The number of anilines is 1. The fraction of sp³-hybridized carbons (Fsp3) is 0.545. The number of carbonyl (C=O) groups excluding carboxylic acids is 1. The van der Waals surface area contributed by atoms with Crippen molar-refractivity contribution in [2.24, 2.45) is 5.92 Å². The molecule has 0 bridgehead atoms. The first kappa shape index (κ1) is 24.6. The van der Waals surface area contributed by atoms with Crippen LogP contribution >= 0.6 is 34.3 Å². The minimum Gasteiger partial charge on any atom is -0.316 e. The molecule has 4 heterocycles. The largest absolute Gasteiger partial charge is 0.316 e. The number of halogens is 1. The second-order valence-electron chi connectivity index (χ2n) is 9.79. The lowest BCUT2D eigenvalue weighted by Gasteiger charge is -2.42. The molecule has 2 aliphatic heterocycles. The molecule has 0 radical (unpaired) electrons. The number of nitrogens with zero attached hydrogens (tertiary/aromatic N) is 2. The predicted octanol–water partition coefficient (Wildman–Crippen LogP) is 4.53. The van der Waals surface area contributed by atoms with Crippen molar-refractivity contribution in [2.45, 2.75) is 62.2 Å². The standard InChI is InChI=1S/C22H27ClN4O3S3/c1-21(2)10-14-15(11-24)20(32-18(14)22(3,4)26-21)25-19(28)13-6-5-9-27(12-13)33(29,30)17-8-7-16(23)31-17/h7-8,13,26H,5-6,9-10,12H2,1-4H3,(H,25,28). The Kier molecular flexibility index (Phi) is 6.44. The third-order valence-corrected chi connectivity index (χ3v) is 11.1. The maximum atomic E-state index is 13.2. The molecule has 2 aromatic rings. The lowest BCUT2D eigenvalue weighted by atomic mass is 9.81. The van der Waals surface area contributed by atoms with E-state index in [-0.39, 0.29) is 27.7 Å². The molecule has 1 amide bonds. The van der Waals surface area contributed by atoms with Crippen LogP contribution in [0, 0.1) is 17.2 Å². The van der Waals surface area contributed by atoms with Crippen LogP contribution in [0.5, 0.6) is 0 Å². The van der Waals surface area contributed by atoms with E-state index in [4.69, 9.17) is 11.6 Å². The SMILES string of the molecule is CC1(C)Cc2c(sc(NC(=O)C3CCCN(S(=O)(=O)c4ccc(Cl)s4)C3)c2C#N)C(C)(C)N1. The van der Waals surface area contributed by atoms with E-state index in [1.54, 1.807) is 6.07 Å². The molecular weight excluding hydrogens is 500 g/mol. The first-order chi connectivity index (χ1) is 15.3. The summed E-state index contributed by atoms with van der Waals surface area (Å²) in [6.45, 7) is 8.84. The van der Waals surface area contributed by atoms with Crippen LogP contribution in [0.25, 0.3) is 0 Å². The van der Waals surface area contributed by atoms with E-state index < -0.39 is 15.9 Å². The van der Waals surface area contributed by atoms with Gasteiger partial charge in [0.25, 0.3) is 10.0 Å². The van der Waals surface area contributed by atoms with Gasteiger partial charge in [0.05, 0.1) is 15.8 Å². The van der Waals surface area contributed by atoms with Crippen LogP contribution in [-0.4, -0.2) is 37.3 Å². The minimum atomic E-state index is -3.69. The molecule has 1 unspecified atom stereocenters. The Balaban J connectivity index is 1.56. The Bertz CT molecular complexity index is 1240. The van der Waals surface area contributed by atoms with Gasteiger partial charge in [-0.3, -0.25) is 4.79 Å². The number of fused-ring (bicyclic) bond motifs is 1. The molecule has 178 valence electrons. The van der Waals surface area contributed by atoms with E-state index in [1.165, 1.54) is 21.7 Å². The number of amides is 1. The van der Waals surface area contributed by atoms with Crippen molar-refractivity contribution in [1.29, 1.82) is 5.26 Å². The molecule has 0 aromatic carbocycles. The molecule has 0 aliphatic carbocycles. The van der Waals surface area contributed by atoms with Crippen LogP contribution in [0.3, 0.4) is 0 Å². The van der Waals surface area contributed by atoms with Gasteiger partial charge in [0.2, 0.25) is 5.91 Å². The van der Waals surface area contributed by atoms with Crippen LogP contribution in [0.4, 0.5) is 5.00 Å². The molecule has 1 atom stereocenters. The number of thiophene rings is 2. The fourth-order valence-electron chi connectivity index (χ4n) is 4.89. The maximum Gasteiger partial charge on any atom is 0.252 e. The predicted molar refractivity (Wildman–Crippen MR) is 132 cm³/mol. The minimum absolute atomic E-state index is 0.108. The van der Waals surface area contributed by atoms with Crippen molar-refractivity contribution in [1.82, 2.24) is 9.62 Å². The van der Waals surface area contributed by atoms with Crippen LogP contribution in [0.1, 0.15) is 56.5 Å². The zero-order valence-electron chi connectivity index (χ0n) is 19.0. The van der Waals surface area contributed by atoms with Crippen molar-refractivity contribution >= 4 is 55.2 Å². The fourth-order valence-corrected chi connectivity index (χ4v) is 9.28. The molecule has 0 saturated carbocycles. The number of nitriles is 1. The molecule has 2 aliphatic rings. The second-order valence-corrected chi connectivity index (χ2v) is 14.7. The number of sulfonamides is 1. The topological polar surface area (TPSA) is 102 Å². The summed E-state index contributed by atoms with van der Waals surface area (Å²) in [6.07, 6.45) is 1.88. The summed E-state index contributed by atoms with van der Waals surface area (Å²) in [5.41, 5.74) is 0.995. The summed E-state index contributed by atoms with van der Waals surface area (Å²) < 4.78 is 27.9. The van der Waals surface area contributed by atoms with Crippen molar-refractivity contribution < 1.29 is 13.2 Å². The normalized spacial score (nSPS) is 22.4. The van der Waals surface area contributed by atoms with Crippen molar-refractivity contribution in [3.63, 3.8) is 0 Å².